The molecule has 0 nitrogen and oxygen atoms in total. The summed E-state index contributed by atoms with van der Waals surface area (Å²) in [6.07, 6.45) is 0. The van der Waals surface area contributed by atoms with Crippen molar-refractivity contribution in [1.29, 1.82) is 0 Å². The Bertz CT molecular complexity index is 3770. The van der Waals surface area contributed by atoms with Gasteiger partial charge in [-0.25, -0.2) is 0 Å². The van der Waals surface area contributed by atoms with E-state index in [1.807, 2.05) is 0 Å². The van der Waals surface area contributed by atoms with E-state index in [4.69, 9.17) is 0 Å². The first-order chi connectivity index (χ1) is 30.3. The second-order valence-electron chi connectivity index (χ2n) is 16.9. The van der Waals surface area contributed by atoms with Gasteiger partial charge in [0, 0.05) is 0 Å². The number of hydrogen-bond donors (Lipinski definition) is 0. The van der Waals surface area contributed by atoms with Gasteiger partial charge in [0.25, 0.3) is 0 Å². The van der Waals surface area contributed by atoms with Gasteiger partial charge in [-0.05, 0) is 137 Å². The van der Waals surface area contributed by atoms with Crippen molar-refractivity contribution >= 4 is 64.6 Å². The second kappa shape index (κ2) is 12.1. The molecule has 0 atom stereocenters. The summed E-state index contributed by atoms with van der Waals surface area (Å²) < 4.78 is 0. The minimum absolute atomic E-state index is 0.547. The van der Waals surface area contributed by atoms with E-state index in [-0.39, 0.29) is 0 Å². The molecule has 14 rings (SSSR count). The molecule has 2 aliphatic rings. The molecule has 61 heavy (non-hydrogen) atoms. The fraction of sp³-hybridized carbons (Fsp3) is 0.0164. The number of benzene rings is 12. The smallest absolute Gasteiger partial charge is 0.0619 e. The maximum Gasteiger partial charge on any atom is 0.0732 e. The topological polar surface area (TPSA) is 0 Å². The molecule has 0 radical (unpaired) electrons. The highest BCUT2D eigenvalue weighted by Crippen LogP contribution is 2.67. The highest BCUT2D eigenvalue weighted by atomic mass is 14.5. The van der Waals surface area contributed by atoms with Crippen molar-refractivity contribution in [2.24, 2.45) is 0 Å². The lowest BCUT2D eigenvalue weighted by atomic mass is 9.68. The Labute approximate surface area is 353 Å². The number of rotatable bonds is 2. The molecule has 280 valence electrons. The molecule has 12 aromatic carbocycles. The maximum absolute atomic E-state index is 2.63. The first kappa shape index (κ1) is 33.1. The van der Waals surface area contributed by atoms with E-state index in [9.17, 15) is 0 Å². The van der Waals surface area contributed by atoms with Gasteiger partial charge in [0.2, 0.25) is 0 Å². The molecule has 1 spiro atoms. The van der Waals surface area contributed by atoms with Gasteiger partial charge in [-0.1, -0.05) is 212 Å². The molecule has 0 amide bonds. The summed E-state index contributed by atoms with van der Waals surface area (Å²) in [7, 11) is 0. The summed E-state index contributed by atoms with van der Waals surface area (Å²) in [5.41, 5.74) is 15.4. The van der Waals surface area contributed by atoms with E-state index in [1.54, 1.807) is 0 Å². The van der Waals surface area contributed by atoms with E-state index < -0.39 is 5.41 Å². The molecular formula is C61H36. The molecule has 0 aliphatic heterocycles. The highest BCUT2D eigenvalue weighted by molar-refractivity contribution is 6.28. The van der Waals surface area contributed by atoms with Crippen molar-refractivity contribution in [3.8, 4) is 44.5 Å². The minimum Gasteiger partial charge on any atom is -0.0619 e. The largest absolute Gasteiger partial charge is 0.0732 e. The zero-order chi connectivity index (χ0) is 39.8. The molecule has 12 aromatic rings. The van der Waals surface area contributed by atoms with Crippen LogP contribution in [0.1, 0.15) is 22.3 Å². The Morgan fingerprint density at radius 3 is 1.18 bits per heavy atom. The molecule has 0 saturated carbocycles. The lowest BCUT2D eigenvalue weighted by Crippen LogP contribution is -2.26. The first-order valence-electron chi connectivity index (χ1n) is 21.4. The van der Waals surface area contributed by atoms with Crippen LogP contribution < -0.4 is 0 Å². The second-order valence-corrected chi connectivity index (χ2v) is 16.9. The third kappa shape index (κ3) is 4.14. The van der Waals surface area contributed by atoms with E-state index in [2.05, 4.69) is 218 Å². The Balaban J connectivity index is 1.21. The van der Waals surface area contributed by atoms with Crippen molar-refractivity contribution in [3.05, 3.63) is 241 Å². The van der Waals surface area contributed by atoms with Crippen molar-refractivity contribution in [1.82, 2.24) is 0 Å². The molecule has 0 bridgehead atoms. The average molecular weight is 769 g/mol. The van der Waals surface area contributed by atoms with Crippen LogP contribution in [-0.2, 0) is 5.41 Å². The third-order valence-corrected chi connectivity index (χ3v) is 14.2. The van der Waals surface area contributed by atoms with Crippen LogP contribution in [0.4, 0.5) is 0 Å². The third-order valence-electron chi connectivity index (χ3n) is 14.2. The molecule has 0 fully saturated rings. The zero-order valence-electron chi connectivity index (χ0n) is 33.3. The fourth-order valence-corrected chi connectivity index (χ4v) is 12.0. The van der Waals surface area contributed by atoms with Gasteiger partial charge in [-0.15, -0.1) is 0 Å². The van der Waals surface area contributed by atoms with Crippen molar-refractivity contribution in [3.63, 3.8) is 0 Å². The Hall–Kier alpha value is -7.80. The molecular weight excluding hydrogens is 733 g/mol. The summed E-state index contributed by atoms with van der Waals surface area (Å²) in [5, 5.41) is 15.4. The van der Waals surface area contributed by atoms with Crippen LogP contribution in [-0.4, -0.2) is 0 Å². The maximum atomic E-state index is 2.63. The molecule has 0 unspecified atom stereocenters. The van der Waals surface area contributed by atoms with Crippen LogP contribution in [0.25, 0.3) is 109 Å². The summed E-state index contributed by atoms with van der Waals surface area (Å²) in [4.78, 5) is 0. The molecule has 0 heterocycles. The summed E-state index contributed by atoms with van der Waals surface area (Å²) in [5.74, 6) is 0. The average Bonchev–Trinajstić information content (AvgIpc) is 3.81. The Morgan fingerprint density at radius 2 is 0.590 bits per heavy atom. The Morgan fingerprint density at radius 1 is 0.213 bits per heavy atom. The van der Waals surface area contributed by atoms with Crippen LogP contribution in [0.15, 0.2) is 218 Å². The van der Waals surface area contributed by atoms with Crippen molar-refractivity contribution in [2.75, 3.05) is 0 Å². The number of hydrogen-bond acceptors (Lipinski definition) is 0. The van der Waals surface area contributed by atoms with Gasteiger partial charge in [-0.2, -0.15) is 0 Å². The summed E-state index contributed by atoms with van der Waals surface area (Å²) >= 11 is 0. The van der Waals surface area contributed by atoms with Gasteiger partial charge in [-0.3, -0.25) is 0 Å². The zero-order valence-corrected chi connectivity index (χ0v) is 33.3. The van der Waals surface area contributed by atoms with Gasteiger partial charge in [0.05, 0.1) is 5.41 Å². The normalized spacial score (nSPS) is 13.4. The lowest BCUT2D eigenvalue weighted by Gasteiger charge is -2.32. The molecule has 0 saturated heterocycles. The van der Waals surface area contributed by atoms with Gasteiger partial charge >= 0.3 is 0 Å². The lowest BCUT2D eigenvalue weighted by molar-refractivity contribution is 0.803. The van der Waals surface area contributed by atoms with Crippen LogP contribution in [0.2, 0.25) is 0 Å². The SMILES string of the molecule is c1ccc2c(c1)-c1ccccc1C21c2cc(-c3c4ccccc4c(-c4cccc5ccccc45)c4ccccc34)c3ccccc3c2-c2c1c1ccccc1c1ccccc21. The highest BCUT2D eigenvalue weighted by Gasteiger charge is 2.53. The predicted octanol–water partition coefficient (Wildman–Crippen LogP) is 16.3. The van der Waals surface area contributed by atoms with E-state index in [0.29, 0.717) is 0 Å². The van der Waals surface area contributed by atoms with E-state index in [1.165, 1.54) is 131 Å². The monoisotopic (exact) mass is 768 g/mol. The first-order valence-corrected chi connectivity index (χ1v) is 21.4. The molecule has 0 heteroatoms. The quantitative estimate of drug-likeness (QED) is 0.121. The van der Waals surface area contributed by atoms with E-state index >= 15 is 0 Å². The van der Waals surface area contributed by atoms with Crippen molar-refractivity contribution in [2.45, 2.75) is 5.41 Å². The van der Waals surface area contributed by atoms with Gasteiger partial charge in [0.15, 0.2) is 0 Å². The molecule has 0 aromatic heterocycles. The van der Waals surface area contributed by atoms with Crippen LogP contribution in [0.5, 0.6) is 0 Å². The van der Waals surface area contributed by atoms with Gasteiger partial charge < -0.3 is 0 Å². The molecule has 0 N–H and O–H groups in total. The summed E-state index contributed by atoms with van der Waals surface area (Å²) in [6.45, 7) is 0. The number of fused-ring (bicyclic) bond motifs is 20. The Kier molecular flexibility index (Phi) is 6.58. The van der Waals surface area contributed by atoms with Crippen LogP contribution in [0.3, 0.4) is 0 Å². The predicted molar refractivity (Wildman–Crippen MR) is 259 cm³/mol. The van der Waals surface area contributed by atoms with Crippen LogP contribution in [0, 0.1) is 0 Å². The minimum atomic E-state index is -0.547. The van der Waals surface area contributed by atoms with Gasteiger partial charge in [0.1, 0.15) is 0 Å². The van der Waals surface area contributed by atoms with Crippen molar-refractivity contribution < 1.29 is 0 Å². The van der Waals surface area contributed by atoms with E-state index in [0.717, 1.165) is 0 Å². The molecule has 2 aliphatic carbocycles. The fourth-order valence-electron chi connectivity index (χ4n) is 12.0. The summed E-state index contributed by atoms with van der Waals surface area (Å²) in [6, 6.07) is 82.5. The standard InChI is InChI=1S/C61H36/c1-2-20-38-37(18-1)19-17-33-44(38)56-47-28-8-10-30-49(47)57(50-31-11-9-29-48(50)56)52-36-55-58(45-26-6-4-23-41(45)52)59-46-27-7-3-21-39(46)40-22-5-12-32-51(40)60(59)61(55)53-34-15-13-24-42(53)43-25-14-16-35-54(43)61/h1-36H. The van der Waals surface area contributed by atoms with Crippen LogP contribution >= 0.6 is 0 Å².